The summed E-state index contributed by atoms with van der Waals surface area (Å²) in [6, 6.07) is 12.7. The van der Waals surface area contributed by atoms with Gasteiger partial charge in [-0.1, -0.05) is 30.3 Å². The molecule has 0 unspecified atom stereocenters. The molecule has 0 aliphatic carbocycles. The van der Waals surface area contributed by atoms with Gasteiger partial charge in [0.25, 0.3) is 0 Å². The molecule has 0 saturated carbocycles. The predicted octanol–water partition coefficient (Wildman–Crippen LogP) is 2.27. The van der Waals surface area contributed by atoms with E-state index < -0.39 is 0 Å². The van der Waals surface area contributed by atoms with Crippen molar-refractivity contribution in [2.45, 2.75) is 26.6 Å². The lowest BCUT2D eigenvalue weighted by Crippen LogP contribution is -2.37. The van der Waals surface area contributed by atoms with Gasteiger partial charge < -0.3 is 15.4 Å². The van der Waals surface area contributed by atoms with Gasteiger partial charge in [0, 0.05) is 58.4 Å². The summed E-state index contributed by atoms with van der Waals surface area (Å²) in [4.78, 5) is 15.6. The van der Waals surface area contributed by atoms with Crippen LogP contribution in [0.25, 0.3) is 5.82 Å². The molecule has 0 radical (unpaired) electrons. The molecule has 0 amide bonds. The van der Waals surface area contributed by atoms with Crippen molar-refractivity contribution in [3.05, 3.63) is 77.5 Å². The van der Waals surface area contributed by atoms with Crippen LogP contribution in [0, 0.1) is 6.92 Å². The number of benzene rings is 1. The summed E-state index contributed by atoms with van der Waals surface area (Å²) < 4.78 is 7.43. The second kappa shape index (κ2) is 10.9. The zero-order chi connectivity index (χ0) is 22.2. The quantitative estimate of drug-likeness (QED) is 0.440. The van der Waals surface area contributed by atoms with E-state index in [4.69, 9.17) is 4.74 Å². The number of rotatable bonds is 7. The van der Waals surface area contributed by atoms with Crippen LogP contribution in [0.2, 0.25) is 0 Å². The highest BCUT2D eigenvalue weighted by Crippen LogP contribution is 2.13. The van der Waals surface area contributed by atoms with E-state index in [1.54, 1.807) is 13.2 Å². The number of hydrogen-bond acceptors (Lipinski definition) is 5. The number of nitrogens with zero attached hydrogens (tertiary/aromatic N) is 5. The van der Waals surface area contributed by atoms with Crippen molar-refractivity contribution in [3.63, 3.8) is 0 Å². The Balaban J connectivity index is 1.30. The van der Waals surface area contributed by atoms with E-state index in [-0.39, 0.29) is 0 Å². The van der Waals surface area contributed by atoms with Gasteiger partial charge in [-0.25, -0.2) is 9.97 Å². The highest BCUT2D eigenvalue weighted by atomic mass is 16.5. The Morgan fingerprint density at radius 3 is 2.50 bits per heavy atom. The summed E-state index contributed by atoms with van der Waals surface area (Å²) in [6.07, 6.45) is 5.58. The molecule has 4 rings (SSSR count). The first-order valence-electron chi connectivity index (χ1n) is 11.0. The molecular formula is C24H31N7O. The number of hydrogen-bond donors (Lipinski definition) is 2. The molecule has 0 atom stereocenters. The topological polar surface area (TPSA) is 79.6 Å². The first-order chi connectivity index (χ1) is 15.7. The van der Waals surface area contributed by atoms with E-state index in [1.807, 2.05) is 30.0 Å². The van der Waals surface area contributed by atoms with E-state index in [0.717, 1.165) is 62.6 Å². The molecule has 0 bridgehead atoms. The maximum Gasteiger partial charge on any atom is 0.191 e. The molecule has 0 spiro atoms. The van der Waals surface area contributed by atoms with Crippen molar-refractivity contribution in [1.29, 1.82) is 0 Å². The van der Waals surface area contributed by atoms with Gasteiger partial charge >= 0.3 is 0 Å². The Morgan fingerprint density at radius 2 is 1.81 bits per heavy atom. The molecule has 1 saturated heterocycles. The number of guanidine groups is 1. The third kappa shape index (κ3) is 5.72. The number of morpholine rings is 1. The van der Waals surface area contributed by atoms with Gasteiger partial charge in [-0.15, -0.1) is 0 Å². The zero-order valence-electron chi connectivity index (χ0n) is 18.8. The number of nitrogens with one attached hydrogen (secondary N) is 2. The van der Waals surface area contributed by atoms with E-state index in [0.29, 0.717) is 6.54 Å². The van der Waals surface area contributed by atoms with Crippen molar-refractivity contribution in [2.24, 2.45) is 4.99 Å². The fraction of sp³-hybridized carbons (Fsp3) is 0.375. The highest BCUT2D eigenvalue weighted by Gasteiger charge is 2.13. The number of aromatic nitrogens is 3. The first-order valence-corrected chi connectivity index (χ1v) is 11.0. The standard InChI is InChI=1S/C24H31N7O/c1-19-26-9-10-31(19)23-8-7-20(15-27-23)16-28-24(25-2)29-17-21-5-3-4-6-22(21)18-30-11-13-32-14-12-30/h3-10,15H,11-14,16-18H2,1-2H3,(H2,25,28,29). The average molecular weight is 434 g/mol. The van der Waals surface area contributed by atoms with Crippen LogP contribution in [0.4, 0.5) is 0 Å². The summed E-state index contributed by atoms with van der Waals surface area (Å²) in [7, 11) is 1.79. The van der Waals surface area contributed by atoms with Gasteiger partial charge in [-0.2, -0.15) is 0 Å². The van der Waals surface area contributed by atoms with Crippen LogP contribution in [0.15, 0.2) is 60.0 Å². The van der Waals surface area contributed by atoms with E-state index in [9.17, 15) is 0 Å². The molecule has 168 valence electrons. The monoisotopic (exact) mass is 433 g/mol. The molecule has 1 aliphatic heterocycles. The maximum atomic E-state index is 5.47. The molecule has 3 heterocycles. The summed E-state index contributed by atoms with van der Waals surface area (Å²) in [6.45, 7) is 7.87. The second-order valence-electron chi connectivity index (χ2n) is 7.81. The van der Waals surface area contributed by atoms with Crippen LogP contribution < -0.4 is 10.6 Å². The normalized spacial score (nSPS) is 15.0. The minimum atomic E-state index is 0.644. The fourth-order valence-corrected chi connectivity index (χ4v) is 3.75. The maximum absolute atomic E-state index is 5.47. The predicted molar refractivity (Wildman–Crippen MR) is 126 cm³/mol. The van der Waals surface area contributed by atoms with Crippen molar-refractivity contribution < 1.29 is 4.74 Å². The van der Waals surface area contributed by atoms with Gasteiger partial charge in [0.05, 0.1) is 13.2 Å². The van der Waals surface area contributed by atoms with Crippen LogP contribution in [-0.2, 0) is 24.4 Å². The smallest absolute Gasteiger partial charge is 0.191 e. The highest BCUT2D eigenvalue weighted by molar-refractivity contribution is 5.79. The van der Waals surface area contributed by atoms with Crippen LogP contribution in [0.5, 0.6) is 0 Å². The molecule has 2 aromatic heterocycles. The molecule has 1 fully saturated rings. The van der Waals surface area contributed by atoms with E-state index >= 15 is 0 Å². The SMILES string of the molecule is CN=C(NCc1ccc(-n2ccnc2C)nc1)NCc1ccccc1CN1CCOCC1. The molecule has 3 aromatic rings. The average Bonchev–Trinajstić information content (AvgIpc) is 3.27. The van der Waals surface area contributed by atoms with Crippen LogP contribution in [0.1, 0.15) is 22.5 Å². The second-order valence-corrected chi connectivity index (χ2v) is 7.81. The molecule has 8 nitrogen and oxygen atoms in total. The lowest BCUT2D eigenvalue weighted by atomic mass is 10.1. The zero-order valence-corrected chi connectivity index (χ0v) is 18.8. The molecule has 1 aliphatic rings. The van der Waals surface area contributed by atoms with E-state index in [2.05, 4.69) is 60.8 Å². The van der Waals surface area contributed by atoms with Crippen LogP contribution in [0.3, 0.4) is 0 Å². The van der Waals surface area contributed by atoms with Crippen molar-refractivity contribution in [3.8, 4) is 5.82 Å². The third-order valence-corrected chi connectivity index (χ3v) is 5.63. The molecule has 1 aromatic carbocycles. The minimum Gasteiger partial charge on any atom is -0.379 e. The molecule has 32 heavy (non-hydrogen) atoms. The molecular weight excluding hydrogens is 402 g/mol. The van der Waals surface area contributed by atoms with Gasteiger partial charge in [-0.05, 0) is 29.7 Å². The van der Waals surface area contributed by atoms with Gasteiger partial charge in [0.1, 0.15) is 11.6 Å². The van der Waals surface area contributed by atoms with Crippen LogP contribution in [-0.4, -0.2) is 58.7 Å². The van der Waals surface area contributed by atoms with Gasteiger partial charge in [0.2, 0.25) is 0 Å². The Bertz CT molecular complexity index is 1020. The Morgan fingerprint density at radius 1 is 1.03 bits per heavy atom. The Hall–Kier alpha value is -3.23. The van der Waals surface area contributed by atoms with Crippen molar-refractivity contribution >= 4 is 5.96 Å². The van der Waals surface area contributed by atoms with Crippen molar-refractivity contribution in [1.82, 2.24) is 30.1 Å². The minimum absolute atomic E-state index is 0.644. The first kappa shape index (κ1) is 22.0. The molecule has 2 N–H and O–H groups in total. The lowest BCUT2D eigenvalue weighted by molar-refractivity contribution is 0.0341. The summed E-state index contributed by atoms with van der Waals surface area (Å²) in [5.41, 5.74) is 3.71. The van der Waals surface area contributed by atoms with Gasteiger partial charge in [-0.3, -0.25) is 14.5 Å². The number of aryl methyl sites for hydroxylation is 1. The molecule has 8 heteroatoms. The number of pyridine rings is 1. The number of imidazole rings is 1. The van der Waals surface area contributed by atoms with E-state index in [1.165, 1.54) is 11.1 Å². The Kier molecular flexibility index (Phi) is 7.47. The lowest BCUT2D eigenvalue weighted by Gasteiger charge is -2.27. The Labute approximate surface area is 189 Å². The fourth-order valence-electron chi connectivity index (χ4n) is 3.75. The van der Waals surface area contributed by atoms with Crippen molar-refractivity contribution in [2.75, 3.05) is 33.4 Å². The number of ether oxygens (including phenoxy) is 1. The summed E-state index contributed by atoms with van der Waals surface area (Å²) in [5, 5.41) is 6.81. The summed E-state index contributed by atoms with van der Waals surface area (Å²) in [5.74, 6) is 2.55. The number of aliphatic imine (C=N–C) groups is 1. The summed E-state index contributed by atoms with van der Waals surface area (Å²) >= 11 is 0. The van der Waals surface area contributed by atoms with Crippen LogP contribution >= 0.6 is 0 Å². The third-order valence-electron chi connectivity index (χ3n) is 5.63. The van der Waals surface area contributed by atoms with Gasteiger partial charge in [0.15, 0.2) is 5.96 Å². The largest absolute Gasteiger partial charge is 0.379 e.